The molecule has 1 fully saturated rings. The zero-order valence-electron chi connectivity index (χ0n) is 11.4. The number of rotatable bonds is 4. The third kappa shape index (κ3) is 3.27. The second kappa shape index (κ2) is 6.20. The van der Waals surface area contributed by atoms with E-state index in [2.05, 4.69) is 45.9 Å². The van der Waals surface area contributed by atoms with Crippen molar-refractivity contribution in [3.63, 3.8) is 0 Å². The molecule has 2 N–H and O–H groups in total. The molecule has 104 valence electrons. The third-order valence-electron chi connectivity index (χ3n) is 3.81. The van der Waals surface area contributed by atoms with Crippen LogP contribution in [0.5, 0.6) is 0 Å². The molecule has 0 amide bonds. The Morgan fingerprint density at radius 3 is 2.89 bits per heavy atom. The second-order valence-electron chi connectivity index (χ2n) is 5.16. The summed E-state index contributed by atoms with van der Waals surface area (Å²) in [5, 5.41) is 0. The summed E-state index contributed by atoms with van der Waals surface area (Å²) < 4.78 is 0.962. The van der Waals surface area contributed by atoms with Gasteiger partial charge in [0, 0.05) is 35.4 Å². The first-order valence-electron chi connectivity index (χ1n) is 6.50. The van der Waals surface area contributed by atoms with Gasteiger partial charge in [-0.15, -0.1) is 0 Å². The van der Waals surface area contributed by atoms with Crippen molar-refractivity contribution in [3.05, 3.63) is 28.2 Å². The van der Waals surface area contributed by atoms with Crippen LogP contribution in [0.15, 0.2) is 22.7 Å². The van der Waals surface area contributed by atoms with E-state index in [1.807, 2.05) is 12.1 Å². The molecule has 1 aromatic carbocycles. The summed E-state index contributed by atoms with van der Waals surface area (Å²) in [6.07, 6.45) is 2.55. The van der Waals surface area contributed by atoms with Gasteiger partial charge in [-0.3, -0.25) is 0 Å². The number of hydrogen-bond donors (Lipinski definition) is 1. The Bertz CT molecular complexity index is 478. The Hall–Kier alpha value is -0.650. The van der Waals surface area contributed by atoms with E-state index >= 15 is 0 Å². The van der Waals surface area contributed by atoms with Crippen molar-refractivity contribution < 1.29 is 0 Å². The van der Waals surface area contributed by atoms with E-state index in [0.29, 0.717) is 11.0 Å². The minimum Gasteiger partial charge on any atom is -0.389 e. The molecule has 0 aromatic heterocycles. The molecule has 1 aliphatic rings. The normalized spacial score (nSPS) is 19.6. The number of hydrogen-bond acceptors (Lipinski definition) is 3. The van der Waals surface area contributed by atoms with Gasteiger partial charge in [0.25, 0.3) is 0 Å². The molecule has 2 rings (SSSR count). The highest BCUT2D eigenvalue weighted by Gasteiger charge is 2.23. The molecule has 3 nitrogen and oxygen atoms in total. The molecule has 0 aliphatic carbocycles. The SMILES string of the molecule is CN(CC1CCCN1C)c1cccc(Br)c1C(N)=S. The van der Waals surface area contributed by atoms with Gasteiger partial charge in [0.1, 0.15) is 4.99 Å². The van der Waals surface area contributed by atoms with Crippen LogP contribution in [0.4, 0.5) is 5.69 Å². The lowest BCUT2D eigenvalue weighted by Gasteiger charge is -2.29. The Balaban J connectivity index is 2.21. The van der Waals surface area contributed by atoms with Crippen molar-refractivity contribution in [3.8, 4) is 0 Å². The van der Waals surface area contributed by atoms with Crippen LogP contribution in [0.25, 0.3) is 0 Å². The van der Waals surface area contributed by atoms with Crippen molar-refractivity contribution in [1.29, 1.82) is 0 Å². The van der Waals surface area contributed by atoms with Gasteiger partial charge in [0.15, 0.2) is 0 Å². The van der Waals surface area contributed by atoms with Gasteiger partial charge in [-0.2, -0.15) is 0 Å². The van der Waals surface area contributed by atoms with Crippen LogP contribution in [0.1, 0.15) is 18.4 Å². The first kappa shape index (κ1) is 14.8. The molecule has 0 spiro atoms. The molecule has 1 atom stereocenters. The smallest absolute Gasteiger partial charge is 0.107 e. The molecule has 1 heterocycles. The van der Waals surface area contributed by atoms with Gasteiger partial charge in [-0.05, 0) is 54.5 Å². The molecule has 1 aromatic rings. The monoisotopic (exact) mass is 341 g/mol. The van der Waals surface area contributed by atoms with Crippen molar-refractivity contribution in [2.45, 2.75) is 18.9 Å². The van der Waals surface area contributed by atoms with Gasteiger partial charge >= 0.3 is 0 Å². The van der Waals surface area contributed by atoms with E-state index < -0.39 is 0 Å². The number of nitrogens with zero attached hydrogens (tertiary/aromatic N) is 2. The topological polar surface area (TPSA) is 32.5 Å². The molecule has 0 saturated carbocycles. The molecule has 0 radical (unpaired) electrons. The highest BCUT2D eigenvalue weighted by molar-refractivity contribution is 9.10. The summed E-state index contributed by atoms with van der Waals surface area (Å²) in [6.45, 7) is 2.20. The fourth-order valence-corrected chi connectivity index (χ4v) is 3.61. The van der Waals surface area contributed by atoms with E-state index in [0.717, 1.165) is 22.3 Å². The number of halogens is 1. The maximum atomic E-state index is 5.85. The van der Waals surface area contributed by atoms with Crippen LogP contribution >= 0.6 is 28.1 Å². The lowest BCUT2D eigenvalue weighted by atomic mass is 10.1. The first-order chi connectivity index (χ1) is 9.00. The van der Waals surface area contributed by atoms with Crippen molar-refractivity contribution in [1.82, 2.24) is 4.90 Å². The number of thiocarbonyl (C=S) groups is 1. The summed E-state index contributed by atoms with van der Waals surface area (Å²) >= 11 is 8.71. The summed E-state index contributed by atoms with van der Waals surface area (Å²) in [7, 11) is 4.30. The highest BCUT2D eigenvalue weighted by Crippen LogP contribution is 2.28. The van der Waals surface area contributed by atoms with Crippen molar-refractivity contribution in [2.75, 3.05) is 32.1 Å². The van der Waals surface area contributed by atoms with Crippen LogP contribution in [0, 0.1) is 0 Å². The Morgan fingerprint density at radius 1 is 1.58 bits per heavy atom. The summed E-state index contributed by atoms with van der Waals surface area (Å²) in [4.78, 5) is 5.12. The molecule has 19 heavy (non-hydrogen) atoms. The zero-order valence-corrected chi connectivity index (χ0v) is 13.8. The van der Waals surface area contributed by atoms with Gasteiger partial charge in [-0.1, -0.05) is 18.3 Å². The fraction of sp³-hybridized carbons (Fsp3) is 0.500. The Labute approximate surface area is 128 Å². The molecular formula is C14H20BrN3S. The van der Waals surface area contributed by atoms with Crippen molar-refractivity contribution in [2.24, 2.45) is 5.73 Å². The number of nitrogens with two attached hydrogens (primary N) is 1. The average Bonchev–Trinajstić information content (AvgIpc) is 2.74. The predicted octanol–water partition coefficient (Wildman–Crippen LogP) is 2.61. The van der Waals surface area contributed by atoms with Crippen LogP contribution < -0.4 is 10.6 Å². The standard InChI is InChI=1S/C14H20BrN3S/c1-17-8-4-5-10(17)9-18(2)12-7-3-6-11(15)13(12)14(16)19/h3,6-7,10H,4-5,8-9H2,1-2H3,(H2,16,19). The van der Waals surface area contributed by atoms with E-state index in [1.165, 1.54) is 19.4 Å². The van der Waals surface area contributed by atoms with Gasteiger partial charge in [0.05, 0.1) is 0 Å². The molecule has 5 heteroatoms. The van der Waals surface area contributed by atoms with Gasteiger partial charge in [-0.25, -0.2) is 0 Å². The Morgan fingerprint density at radius 2 is 2.32 bits per heavy atom. The van der Waals surface area contributed by atoms with E-state index in [1.54, 1.807) is 0 Å². The van der Waals surface area contributed by atoms with Crippen LogP contribution in [-0.2, 0) is 0 Å². The number of anilines is 1. The third-order valence-corrected chi connectivity index (χ3v) is 4.67. The fourth-order valence-electron chi connectivity index (χ4n) is 2.70. The number of likely N-dealkylation sites (tertiary alicyclic amines) is 1. The molecule has 1 aliphatic heterocycles. The predicted molar refractivity (Wildman–Crippen MR) is 89.0 cm³/mol. The van der Waals surface area contributed by atoms with Gasteiger partial charge in [0.2, 0.25) is 0 Å². The highest BCUT2D eigenvalue weighted by atomic mass is 79.9. The zero-order chi connectivity index (χ0) is 14.0. The quantitative estimate of drug-likeness (QED) is 0.853. The maximum absolute atomic E-state index is 5.85. The maximum Gasteiger partial charge on any atom is 0.107 e. The molecule has 1 unspecified atom stereocenters. The minimum absolute atomic E-state index is 0.439. The van der Waals surface area contributed by atoms with Crippen molar-refractivity contribution >= 4 is 38.8 Å². The van der Waals surface area contributed by atoms with E-state index in [-0.39, 0.29) is 0 Å². The Kier molecular flexibility index (Phi) is 4.81. The van der Waals surface area contributed by atoms with E-state index in [9.17, 15) is 0 Å². The average molecular weight is 342 g/mol. The van der Waals surface area contributed by atoms with Crippen LogP contribution in [-0.4, -0.2) is 43.1 Å². The second-order valence-corrected chi connectivity index (χ2v) is 6.45. The van der Waals surface area contributed by atoms with Crippen LogP contribution in [0.2, 0.25) is 0 Å². The van der Waals surface area contributed by atoms with E-state index in [4.69, 9.17) is 18.0 Å². The minimum atomic E-state index is 0.439. The molecule has 1 saturated heterocycles. The summed E-state index contributed by atoms with van der Waals surface area (Å²) in [5.41, 5.74) is 7.88. The largest absolute Gasteiger partial charge is 0.389 e. The molecule has 0 bridgehead atoms. The number of likely N-dealkylation sites (N-methyl/N-ethyl adjacent to an activating group) is 2. The summed E-state index contributed by atoms with van der Waals surface area (Å²) in [5.74, 6) is 0. The van der Waals surface area contributed by atoms with Crippen LogP contribution in [0.3, 0.4) is 0 Å². The molecular weight excluding hydrogens is 322 g/mol. The van der Waals surface area contributed by atoms with Gasteiger partial charge < -0.3 is 15.5 Å². The summed E-state index contributed by atoms with van der Waals surface area (Å²) in [6, 6.07) is 6.70. The lowest BCUT2D eigenvalue weighted by molar-refractivity contribution is 0.314. The number of benzene rings is 1. The lowest BCUT2D eigenvalue weighted by Crippen LogP contribution is -2.37. The first-order valence-corrected chi connectivity index (χ1v) is 7.70.